The van der Waals surface area contributed by atoms with Crippen molar-refractivity contribution in [3.05, 3.63) is 12.7 Å². The third-order valence-corrected chi connectivity index (χ3v) is 1.26. The van der Waals surface area contributed by atoms with Gasteiger partial charge in [0.05, 0.1) is 6.61 Å². The number of hydrogen-bond acceptors (Lipinski definition) is 2. The molecule has 0 amide bonds. The normalized spacial score (nSPS) is 9.18. The van der Waals surface area contributed by atoms with E-state index in [1.165, 1.54) is 0 Å². The van der Waals surface area contributed by atoms with Crippen molar-refractivity contribution in [2.75, 3.05) is 6.61 Å². The molecule has 0 atom stereocenters. The highest BCUT2D eigenvalue weighted by atomic mass is 16.5. The number of unbranched alkanes of at least 4 members (excludes halogenated alkanes) is 1. The predicted octanol–water partition coefficient (Wildman–Crippen LogP) is 2.30. The van der Waals surface area contributed by atoms with E-state index in [0.29, 0.717) is 13.0 Å². The first kappa shape index (κ1) is 10.2. The lowest BCUT2D eigenvalue weighted by atomic mass is 10.2. The van der Waals surface area contributed by atoms with Crippen LogP contribution in [0.15, 0.2) is 12.7 Å². The summed E-state index contributed by atoms with van der Waals surface area (Å²) < 4.78 is 4.86. The van der Waals surface area contributed by atoms with Gasteiger partial charge in [-0.15, -0.1) is 6.58 Å². The standard InChI is InChI=1S/C9H16O2/c1-3-5-6-7-9(10)11-8-4-2/h3H,1,4-8H2,2H3. The van der Waals surface area contributed by atoms with Crippen LogP contribution in [-0.2, 0) is 9.53 Å². The fourth-order valence-electron chi connectivity index (χ4n) is 0.679. The van der Waals surface area contributed by atoms with Crippen LogP contribution in [0.25, 0.3) is 0 Å². The molecule has 0 radical (unpaired) electrons. The Balaban J connectivity index is 3.15. The third kappa shape index (κ3) is 7.10. The van der Waals surface area contributed by atoms with Crippen molar-refractivity contribution in [2.45, 2.75) is 32.6 Å². The third-order valence-electron chi connectivity index (χ3n) is 1.26. The minimum Gasteiger partial charge on any atom is -0.466 e. The Morgan fingerprint density at radius 1 is 1.64 bits per heavy atom. The van der Waals surface area contributed by atoms with E-state index in [2.05, 4.69) is 6.58 Å². The maximum absolute atomic E-state index is 10.8. The molecule has 64 valence electrons. The molecule has 0 aliphatic heterocycles. The van der Waals surface area contributed by atoms with Gasteiger partial charge in [0, 0.05) is 6.42 Å². The minimum atomic E-state index is -0.0892. The van der Waals surface area contributed by atoms with Gasteiger partial charge in [-0.05, 0) is 19.3 Å². The van der Waals surface area contributed by atoms with Crippen LogP contribution in [-0.4, -0.2) is 12.6 Å². The topological polar surface area (TPSA) is 26.3 Å². The summed E-state index contributed by atoms with van der Waals surface area (Å²) in [5, 5.41) is 0. The van der Waals surface area contributed by atoms with Gasteiger partial charge in [0.25, 0.3) is 0 Å². The summed E-state index contributed by atoms with van der Waals surface area (Å²) >= 11 is 0. The molecular weight excluding hydrogens is 140 g/mol. The highest BCUT2D eigenvalue weighted by Gasteiger charge is 1.99. The van der Waals surface area contributed by atoms with Gasteiger partial charge < -0.3 is 4.74 Å². The molecule has 0 aromatic carbocycles. The fourth-order valence-corrected chi connectivity index (χ4v) is 0.679. The van der Waals surface area contributed by atoms with E-state index in [1.54, 1.807) is 0 Å². The largest absolute Gasteiger partial charge is 0.466 e. The van der Waals surface area contributed by atoms with E-state index in [4.69, 9.17) is 4.74 Å². The molecule has 0 unspecified atom stereocenters. The van der Waals surface area contributed by atoms with E-state index in [-0.39, 0.29) is 5.97 Å². The predicted molar refractivity (Wildman–Crippen MR) is 45.3 cm³/mol. The Hall–Kier alpha value is -0.790. The smallest absolute Gasteiger partial charge is 0.305 e. The summed E-state index contributed by atoms with van der Waals surface area (Å²) in [4.78, 5) is 10.8. The van der Waals surface area contributed by atoms with Crippen LogP contribution in [0.3, 0.4) is 0 Å². The summed E-state index contributed by atoms with van der Waals surface area (Å²) in [6.07, 6.45) is 4.97. The molecule has 0 saturated carbocycles. The van der Waals surface area contributed by atoms with Gasteiger partial charge in [-0.1, -0.05) is 13.0 Å². The van der Waals surface area contributed by atoms with Crippen LogP contribution in [0, 0.1) is 0 Å². The van der Waals surface area contributed by atoms with Gasteiger partial charge in [-0.3, -0.25) is 4.79 Å². The van der Waals surface area contributed by atoms with Crippen LogP contribution in [0.1, 0.15) is 32.6 Å². The number of hydrogen-bond donors (Lipinski definition) is 0. The molecule has 0 heterocycles. The SMILES string of the molecule is C=CCCCC(=O)OCCC. The average molecular weight is 156 g/mol. The van der Waals surface area contributed by atoms with E-state index in [9.17, 15) is 4.79 Å². The second kappa shape index (κ2) is 7.32. The van der Waals surface area contributed by atoms with Gasteiger partial charge in [-0.2, -0.15) is 0 Å². The van der Waals surface area contributed by atoms with Crippen molar-refractivity contribution in [3.8, 4) is 0 Å². The van der Waals surface area contributed by atoms with Crippen molar-refractivity contribution < 1.29 is 9.53 Å². The molecule has 0 fully saturated rings. The van der Waals surface area contributed by atoms with E-state index < -0.39 is 0 Å². The highest BCUT2D eigenvalue weighted by Crippen LogP contribution is 1.97. The van der Waals surface area contributed by atoms with Crippen LogP contribution in [0.5, 0.6) is 0 Å². The lowest BCUT2D eigenvalue weighted by Gasteiger charge is -2.00. The van der Waals surface area contributed by atoms with Crippen LogP contribution in [0.4, 0.5) is 0 Å². The van der Waals surface area contributed by atoms with Crippen molar-refractivity contribution >= 4 is 5.97 Å². The lowest BCUT2D eigenvalue weighted by Crippen LogP contribution is -2.04. The summed E-state index contributed by atoms with van der Waals surface area (Å²) in [5.74, 6) is -0.0892. The Kier molecular flexibility index (Phi) is 6.79. The van der Waals surface area contributed by atoms with Crippen molar-refractivity contribution in [3.63, 3.8) is 0 Å². The second-order valence-corrected chi connectivity index (χ2v) is 2.40. The zero-order valence-corrected chi connectivity index (χ0v) is 7.14. The lowest BCUT2D eigenvalue weighted by molar-refractivity contribution is -0.143. The van der Waals surface area contributed by atoms with E-state index in [0.717, 1.165) is 19.3 Å². The molecule has 0 aromatic heterocycles. The molecule has 0 N–H and O–H groups in total. The Labute approximate surface area is 68.2 Å². The van der Waals surface area contributed by atoms with Gasteiger partial charge >= 0.3 is 5.97 Å². The van der Waals surface area contributed by atoms with Crippen molar-refractivity contribution in [1.82, 2.24) is 0 Å². The maximum atomic E-state index is 10.8. The first-order chi connectivity index (χ1) is 5.31. The monoisotopic (exact) mass is 156 g/mol. The number of esters is 1. The van der Waals surface area contributed by atoms with E-state index in [1.807, 2.05) is 13.0 Å². The Morgan fingerprint density at radius 3 is 2.91 bits per heavy atom. The number of carbonyl (C=O) groups is 1. The van der Waals surface area contributed by atoms with E-state index >= 15 is 0 Å². The quantitative estimate of drug-likeness (QED) is 0.335. The summed E-state index contributed by atoms with van der Waals surface area (Å²) in [5.41, 5.74) is 0. The maximum Gasteiger partial charge on any atom is 0.305 e. The molecule has 11 heavy (non-hydrogen) atoms. The molecule has 0 aliphatic rings. The van der Waals surface area contributed by atoms with Gasteiger partial charge in [0.1, 0.15) is 0 Å². The van der Waals surface area contributed by atoms with Crippen molar-refractivity contribution in [2.24, 2.45) is 0 Å². The summed E-state index contributed by atoms with van der Waals surface area (Å²) in [6.45, 7) is 6.10. The van der Waals surface area contributed by atoms with Crippen LogP contribution < -0.4 is 0 Å². The molecular formula is C9H16O2. The first-order valence-corrected chi connectivity index (χ1v) is 4.07. The molecule has 0 rings (SSSR count). The molecule has 0 spiro atoms. The molecule has 2 heteroatoms. The molecule has 0 aliphatic carbocycles. The number of carbonyl (C=O) groups excluding carboxylic acids is 1. The zero-order valence-electron chi connectivity index (χ0n) is 7.14. The molecule has 0 bridgehead atoms. The van der Waals surface area contributed by atoms with Crippen molar-refractivity contribution in [1.29, 1.82) is 0 Å². The summed E-state index contributed by atoms with van der Waals surface area (Å²) in [6, 6.07) is 0. The number of rotatable bonds is 6. The second-order valence-electron chi connectivity index (χ2n) is 2.40. The number of allylic oxidation sites excluding steroid dienone is 1. The fraction of sp³-hybridized carbons (Fsp3) is 0.667. The van der Waals surface area contributed by atoms with Crippen LogP contribution in [0.2, 0.25) is 0 Å². The Morgan fingerprint density at radius 2 is 2.36 bits per heavy atom. The minimum absolute atomic E-state index is 0.0892. The first-order valence-electron chi connectivity index (χ1n) is 4.07. The molecule has 0 aromatic rings. The average Bonchev–Trinajstić information content (AvgIpc) is 2.01. The van der Waals surface area contributed by atoms with Gasteiger partial charge in [-0.25, -0.2) is 0 Å². The highest BCUT2D eigenvalue weighted by molar-refractivity contribution is 5.69. The molecule has 2 nitrogen and oxygen atoms in total. The molecule has 0 saturated heterocycles. The van der Waals surface area contributed by atoms with Gasteiger partial charge in [0.2, 0.25) is 0 Å². The zero-order chi connectivity index (χ0) is 8.53. The Bertz CT molecular complexity index is 119. The van der Waals surface area contributed by atoms with Crippen LogP contribution >= 0.6 is 0 Å². The summed E-state index contributed by atoms with van der Waals surface area (Å²) in [7, 11) is 0. The van der Waals surface area contributed by atoms with Gasteiger partial charge in [0.15, 0.2) is 0 Å². The number of ether oxygens (including phenoxy) is 1.